The number of ether oxygens (including phenoxy) is 1. The molecule has 0 aliphatic heterocycles. The van der Waals surface area contributed by atoms with E-state index in [2.05, 4.69) is 9.72 Å². The molecule has 4 heteroatoms. The fourth-order valence-electron chi connectivity index (χ4n) is 1.01. The van der Waals surface area contributed by atoms with E-state index in [-0.39, 0.29) is 0 Å². The second kappa shape index (κ2) is 4.57. The number of nitrogens with two attached hydrogens (primary N) is 1. The molecular formula is C9H12N2O2. The van der Waals surface area contributed by atoms with E-state index in [9.17, 15) is 4.79 Å². The van der Waals surface area contributed by atoms with Crippen molar-refractivity contribution in [2.24, 2.45) is 5.73 Å². The van der Waals surface area contributed by atoms with Crippen molar-refractivity contribution in [1.29, 1.82) is 0 Å². The number of hydrogen-bond acceptors (Lipinski definition) is 4. The number of carbonyl (C=O) groups excluding carboxylic acids is 1. The van der Waals surface area contributed by atoms with Crippen molar-refractivity contribution in [2.75, 3.05) is 7.11 Å². The summed E-state index contributed by atoms with van der Waals surface area (Å²) in [6.45, 7) is 0. The number of rotatable bonds is 3. The van der Waals surface area contributed by atoms with E-state index in [0.717, 1.165) is 5.56 Å². The Kier molecular flexibility index (Phi) is 3.40. The molecule has 0 aliphatic carbocycles. The van der Waals surface area contributed by atoms with Crippen LogP contribution in [0.25, 0.3) is 0 Å². The van der Waals surface area contributed by atoms with E-state index >= 15 is 0 Å². The highest BCUT2D eigenvalue weighted by molar-refractivity contribution is 5.75. The van der Waals surface area contributed by atoms with Gasteiger partial charge in [-0.1, -0.05) is 0 Å². The third-order valence-corrected chi connectivity index (χ3v) is 1.71. The number of esters is 1. The van der Waals surface area contributed by atoms with E-state index in [0.29, 0.717) is 6.42 Å². The maximum Gasteiger partial charge on any atom is 0.322 e. The molecule has 1 aromatic rings. The molecule has 0 bridgehead atoms. The standard InChI is InChI=1S/C9H12N2O2/c1-13-9(12)8(10)6-7-2-4-11-5-3-7/h2-5,8H,6,10H2,1H3/t8-/m0/s1. The molecule has 0 spiro atoms. The van der Waals surface area contributed by atoms with Crippen molar-refractivity contribution in [3.05, 3.63) is 30.1 Å². The van der Waals surface area contributed by atoms with Gasteiger partial charge in [-0.2, -0.15) is 0 Å². The molecular weight excluding hydrogens is 168 g/mol. The number of aromatic nitrogens is 1. The predicted molar refractivity (Wildman–Crippen MR) is 47.9 cm³/mol. The smallest absolute Gasteiger partial charge is 0.322 e. The van der Waals surface area contributed by atoms with Crippen LogP contribution < -0.4 is 5.73 Å². The summed E-state index contributed by atoms with van der Waals surface area (Å²) in [7, 11) is 1.33. The van der Waals surface area contributed by atoms with Crippen LogP contribution in [0.5, 0.6) is 0 Å². The van der Waals surface area contributed by atoms with Crippen LogP contribution in [0.3, 0.4) is 0 Å². The summed E-state index contributed by atoms with van der Waals surface area (Å²) in [5.41, 5.74) is 6.54. The quantitative estimate of drug-likeness (QED) is 0.671. The van der Waals surface area contributed by atoms with E-state index in [1.54, 1.807) is 12.4 Å². The Balaban J connectivity index is 2.55. The molecule has 0 aliphatic rings. The first kappa shape index (κ1) is 9.67. The highest BCUT2D eigenvalue weighted by Gasteiger charge is 2.13. The Bertz CT molecular complexity index is 274. The molecule has 0 saturated carbocycles. The highest BCUT2D eigenvalue weighted by Crippen LogP contribution is 2.00. The Morgan fingerprint density at radius 3 is 2.77 bits per heavy atom. The minimum absolute atomic E-state index is 0.392. The summed E-state index contributed by atoms with van der Waals surface area (Å²) in [6, 6.07) is 3.05. The third-order valence-electron chi connectivity index (χ3n) is 1.71. The van der Waals surface area contributed by atoms with E-state index < -0.39 is 12.0 Å². The molecule has 1 heterocycles. The van der Waals surface area contributed by atoms with Crippen molar-refractivity contribution in [3.8, 4) is 0 Å². The topological polar surface area (TPSA) is 65.2 Å². The second-order valence-corrected chi connectivity index (χ2v) is 2.69. The lowest BCUT2D eigenvalue weighted by atomic mass is 10.1. The summed E-state index contributed by atoms with van der Waals surface area (Å²) in [4.78, 5) is 14.8. The van der Waals surface area contributed by atoms with Crippen molar-refractivity contribution in [2.45, 2.75) is 12.5 Å². The van der Waals surface area contributed by atoms with Gasteiger partial charge in [0.25, 0.3) is 0 Å². The number of hydrogen-bond donors (Lipinski definition) is 1. The fourth-order valence-corrected chi connectivity index (χ4v) is 1.01. The van der Waals surface area contributed by atoms with Crippen LogP contribution in [-0.4, -0.2) is 24.1 Å². The van der Waals surface area contributed by atoms with Gasteiger partial charge in [0.1, 0.15) is 6.04 Å². The summed E-state index contributed by atoms with van der Waals surface area (Å²) in [5.74, 6) is -0.392. The van der Waals surface area contributed by atoms with Crippen LogP contribution in [-0.2, 0) is 16.0 Å². The molecule has 4 nitrogen and oxygen atoms in total. The van der Waals surface area contributed by atoms with Gasteiger partial charge in [-0.15, -0.1) is 0 Å². The zero-order valence-electron chi connectivity index (χ0n) is 7.43. The lowest BCUT2D eigenvalue weighted by molar-refractivity contribution is -0.142. The number of nitrogens with zero attached hydrogens (tertiary/aromatic N) is 1. The minimum Gasteiger partial charge on any atom is -0.468 e. The summed E-state index contributed by atoms with van der Waals surface area (Å²) >= 11 is 0. The first-order chi connectivity index (χ1) is 6.24. The molecule has 70 valence electrons. The fraction of sp³-hybridized carbons (Fsp3) is 0.333. The van der Waals surface area contributed by atoms with Gasteiger partial charge in [-0.25, -0.2) is 0 Å². The predicted octanol–water partition coefficient (Wildman–Crippen LogP) is 0.124. The molecule has 0 amide bonds. The zero-order valence-corrected chi connectivity index (χ0v) is 7.43. The number of pyridine rings is 1. The first-order valence-electron chi connectivity index (χ1n) is 3.96. The summed E-state index contributed by atoms with van der Waals surface area (Å²) < 4.78 is 4.50. The van der Waals surface area contributed by atoms with Crippen LogP contribution in [0.15, 0.2) is 24.5 Å². The molecule has 13 heavy (non-hydrogen) atoms. The monoisotopic (exact) mass is 180 g/mol. The van der Waals surface area contributed by atoms with Crippen LogP contribution >= 0.6 is 0 Å². The van der Waals surface area contributed by atoms with Crippen molar-refractivity contribution < 1.29 is 9.53 Å². The van der Waals surface area contributed by atoms with Crippen molar-refractivity contribution in [3.63, 3.8) is 0 Å². The molecule has 0 fully saturated rings. The normalized spacial score (nSPS) is 12.2. The largest absolute Gasteiger partial charge is 0.468 e. The molecule has 0 saturated heterocycles. The van der Waals surface area contributed by atoms with Crippen LogP contribution in [0.4, 0.5) is 0 Å². The SMILES string of the molecule is COC(=O)[C@@H](N)Cc1ccncc1. The van der Waals surface area contributed by atoms with Crippen LogP contribution in [0, 0.1) is 0 Å². The minimum atomic E-state index is -0.590. The van der Waals surface area contributed by atoms with Gasteiger partial charge in [-0.3, -0.25) is 9.78 Å². The Labute approximate surface area is 76.7 Å². The molecule has 1 atom stereocenters. The molecule has 1 aromatic heterocycles. The Hall–Kier alpha value is -1.42. The van der Waals surface area contributed by atoms with Crippen LogP contribution in [0.1, 0.15) is 5.56 Å². The Morgan fingerprint density at radius 2 is 2.23 bits per heavy atom. The highest BCUT2D eigenvalue weighted by atomic mass is 16.5. The number of methoxy groups -OCH3 is 1. The molecule has 0 radical (unpaired) electrons. The average Bonchev–Trinajstić information content (AvgIpc) is 2.18. The first-order valence-corrected chi connectivity index (χ1v) is 3.96. The van der Waals surface area contributed by atoms with Crippen molar-refractivity contribution >= 4 is 5.97 Å². The van der Waals surface area contributed by atoms with Crippen LogP contribution in [0.2, 0.25) is 0 Å². The van der Waals surface area contributed by atoms with E-state index in [1.807, 2.05) is 12.1 Å². The second-order valence-electron chi connectivity index (χ2n) is 2.69. The molecule has 0 aromatic carbocycles. The third kappa shape index (κ3) is 2.83. The van der Waals surface area contributed by atoms with Gasteiger partial charge >= 0.3 is 5.97 Å². The van der Waals surface area contributed by atoms with Gasteiger partial charge in [0.2, 0.25) is 0 Å². The van der Waals surface area contributed by atoms with Gasteiger partial charge in [0, 0.05) is 12.4 Å². The Morgan fingerprint density at radius 1 is 1.62 bits per heavy atom. The molecule has 1 rings (SSSR count). The summed E-state index contributed by atoms with van der Waals surface area (Å²) in [5, 5.41) is 0. The van der Waals surface area contributed by atoms with Gasteiger partial charge in [0.05, 0.1) is 7.11 Å². The maximum atomic E-state index is 11.0. The lowest BCUT2D eigenvalue weighted by Gasteiger charge is -2.08. The van der Waals surface area contributed by atoms with E-state index in [4.69, 9.17) is 5.73 Å². The average molecular weight is 180 g/mol. The maximum absolute atomic E-state index is 11.0. The number of carbonyl (C=O) groups is 1. The van der Waals surface area contributed by atoms with Crippen molar-refractivity contribution in [1.82, 2.24) is 4.98 Å². The van der Waals surface area contributed by atoms with Gasteiger partial charge < -0.3 is 10.5 Å². The molecule has 2 N–H and O–H groups in total. The van der Waals surface area contributed by atoms with Gasteiger partial charge in [-0.05, 0) is 24.1 Å². The van der Waals surface area contributed by atoms with Gasteiger partial charge in [0.15, 0.2) is 0 Å². The zero-order chi connectivity index (χ0) is 9.68. The summed E-state index contributed by atoms with van der Waals surface area (Å²) in [6.07, 6.45) is 3.81. The van der Waals surface area contributed by atoms with E-state index in [1.165, 1.54) is 7.11 Å². The molecule has 0 unspecified atom stereocenters. The lowest BCUT2D eigenvalue weighted by Crippen LogP contribution is -2.33.